The van der Waals surface area contributed by atoms with Crippen LogP contribution in [0.3, 0.4) is 0 Å². The van der Waals surface area contributed by atoms with Crippen molar-refractivity contribution in [3.8, 4) is 11.4 Å². The van der Waals surface area contributed by atoms with Crippen LogP contribution in [-0.4, -0.2) is 98.2 Å². The Kier molecular flexibility index (Phi) is 7.39. The summed E-state index contributed by atoms with van der Waals surface area (Å²) in [5.74, 6) is 0.764. The minimum absolute atomic E-state index is 0.546. The molecule has 0 aliphatic carbocycles. The Balaban J connectivity index is 1.13. The fraction of sp³-hybridized carbons (Fsp3) is 0.407. The van der Waals surface area contributed by atoms with E-state index < -0.39 is 6.09 Å². The summed E-state index contributed by atoms with van der Waals surface area (Å²) in [6.07, 6.45) is 0.867. The quantitative estimate of drug-likeness (QED) is 0.358. The SMILES string of the molecule is Cc1nc(CN2CCN(c3c(Cl)cnc4[nH]c(-c5ccc(CN6CCN(C(=O)O)CC6)cc5)nc34)CC2)cs1. The normalized spacial score (nSPS) is 17.3. The maximum atomic E-state index is 11.1. The third kappa shape index (κ3) is 5.72. The van der Waals surface area contributed by atoms with Gasteiger partial charge in [0.2, 0.25) is 0 Å². The second kappa shape index (κ2) is 11.1. The highest BCUT2D eigenvalue weighted by Crippen LogP contribution is 2.34. The van der Waals surface area contributed by atoms with Crippen molar-refractivity contribution in [2.75, 3.05) is 57.3 Å². The number of hydrogen-bond acceptors (Lipinski definition) is 8. The predicted octanol–water partition coefficient (Wildman–Crippen LogP) is 4.16. The number of imidazole rings is 1. The number of benzene rings is 1. The molecule has 6 rings (SSSR count). The molecule has 5 heterocycles. The molecule has 0 spiro atoms. The lowest BCUT2D eigenvalue weighted by molar-refractivity contribution is 0.103. The van der Waals surface area contributed by atoms with E-state index in [1.165, 1.54) is 10.5 Å². The highest BCUT2D eigenvalue weighted by Gasteiger charge is 2.24. The number of thiazole rings is 1. The Morgan fingerprint density at radius 1 is 1.00 bits per heavy atom. The van der Waals surface area contributed by atoms with Gasteiger partial charge in [-0.1, -0.05) is 35.9 Å². The van der Waals surface area contributed by atoms with Crippen molar-refractivity contribution >= 4 is 45.9 Å². The number of aryl methyl sites for hydroxylation is 1. The molecule has 0 atom stereocenters. The average molecular weight is 567 g/mol. The third-order valence-electron chi connectivity index (χ3n) is 7.46. The molecule has 4 aromatic rings. The van der Waals surface area contributed by atoms with Gasteiger partial charge in [0.1, 0.15) is 11.3 Å². The van der Waals surface area contributed by atoms with Crippen molar-refractivity contribution < 1.29 is 9.90 Å². The number of rotatable bonds is 6. The molecule has 2 aliphatic heterocycles. The predicted molar refractivity (Wildman–Crippen MR) is 154 cm³/mol. The fourth-order valence-corrected chi connectivity index (χ4v) is 6.18. The van der Waals surface area contributed by atoms with Gasteiger partial charge in [-0.15, -0.1) is 11.3 Å². The monoisotopic (exact) mass is 566 g/mol. The lowest BCUT2D eigenvalue weighted by Gasteiger charge is -2.36. The lowest BCUT2D eigenvalue weighted by atomic mass is 10.1. The van der Waals surface area contributed by atoms with Crippen LogP contribution < -0.4 is 4.90 Å². The topological polar surface area (TPSA) is 105 Å². The van der Waals surface area contributed by atoms with Crippen LogP contribution in [0.4, 0.5) is 10.5 Å². The average Bonchev–Trinajstić information content (AvgIpc) is 3.56. The molecule has 2 N–H and O–H groups in total. The summed E-state index contributed by atoms with van der Waals surface area (Å²) in [6, 6.07) is 8.36. The summed E-state index contributed by atoms with van der Waals surface area (Å²) in [6.45, 7) is 9.87. The Labute approximate surface area is 235 Å². The number of hydrogen-bond donors (Lipinski definition) is 2. The van der Waals surface area contributed by atoms with E-state index in [0.717, 1.165) is 91.3 Å². The summed E-state index contributed by atoms with van der Waals surface area (Å²) < 4.78 is 0. The van der Waals surface area contributed by atoms with E-state index in [1.807, 2.05) is 6.92 Å². The summed E-state index contributed by atoms with van der Waals surface area (Å²) in [5.41, 5.74) is 5.76. The van der Waals surface area contributed by atoms with Crippen molar-refractivity contribution in [3.63, 3.8) is 0 Å². The smallest absolute Gasteiger partial charge is 0.407 e. The molecule has 10 nitrogen and oxygen atoms in total. The maximum Gasteiger partial charge on any atom is 0.407 e. The number of halogens is 1. The molecule has 0 bridgehead atoms. The zero-order chi connectivity index (χ0) is 26.9. The number of nitrogens with zero attached hydrogens (tertiary/aromatic N) is 7. The Hall–Kier alpha value is -3.25. The molecular formula is C27H31ClN8O2S. The number of fused-ring (bicyclic) bond motifs is 1. The first kappa shape index (κ1) is 26.0. The molecule has 0 radical (unpaired) electrons. The van der Waals surface area contributed by atoms with Gasteiger partial charge in [0, 0.05) is 76.4 Å². The standard InChI is InChI=1S/C27H31ClN8O2S/c1-18-30-21(17-39-18)16-34-6-10-35(11-7-34)24-22(28)14-29-26-23(24)31-25(32-26)20-4-2-19(3-5-20)15-33-8-12-36(13-9-33)27(37)38/h2-5,14,17H,6-13,15-16H2,1H3,(H,37,38)(H,29,31,32). The van der Waals surface area contributed by atoms with Crippen LogP contribution in [0, 0.1) is 6.92 Å². The zero-order valence-corrected chi connectivity index (χ0v) is 23.4. The van der Waals surface area contributed by atoms with E-state index in [-0.39, 0.29) is 0 Å². The van der Waals surface area contributed by atoms with Crippen LogP contribution in [0.1, 0.15) is 16.3 Å². The molecule has 2 saturated heterocycles. The molecule has 204 valence electrons. The Morgan fingerprint density at radius 2 is 1.69 bits per heavy atom. The van der Waals surface area contributed by atoms with Gasteiger partial charge < -0.3 is 19.9 Å². The van der Waals surface area contributed by atoms with Crippen molar-refractivity contribution in [2.24, 2.45) is 0 Å². The highest BCUT2D eigenvalue weighted by atomic mass is 35.5. The van der Waals surface area contributed by atoms with E-state index in [1.54, 1.807) is 17.5 Å². The van der Waals surface area contributed by atoms with Gasteiger partial charge in [-0.25, -0.2) is 19.7 Å². The van der Waals surface area contributed by atoms with Crippen molar-refractivity contribution in [1.29, 1.82) is 0 Å². The second-order valence-electron chi connectivity index (χ2n) is 10.1. The number of aromatic nitrogens is 4. The first-order chi connectivity index (χ1) is 18.9. The highest BCUT2D eigenvalue weighted by molar-refractivity contribution is 7.09. The number of amides is 1. The lowest BCUT2D eigenvalue weighted by Crippen LogP contribution is -2.47. The Morgan fingerprint density at radius 3 is 2.36 bits per heavy atom. The second-order valence-corrected chi connectivity index (χ2v) is 11.6. The van der Waals surface area contributed by atoms with Crippen LogP contribution in [0.15, 0.2) is 35.8 Å². The molecule has 39 heavy (non-hydrogen) atoms. The molecule has 1 aromatic carbocycles. The molecular weight excluding hydrogens is 536 g/mol. The number of nitrogens with one attached hydrogen (secondary N) is 1. The van der Waals surface area contributed by atoms with Crippen molar-refractivity contribution in [2.45, 2.75) is 20.0 Å². The molecule has 12 heteroatoms. The van der Waals surface area contributed by atoms with Crippen LogP contribution in [0.2, 0.25) is 5.02 Å². The van der Waals surface area contributed by atoms with E-state index in [9.17, 15) is 4.79 Å². The van der Waals surface area contributed by atoms with Gasteiger partial charge in [0.15, 0.2) is 5.65 Å². The summed E-state index contributed by atoms with van der Waals surface area (Å²) in [7, 11) is 0. The van der Waals surface area contributed by atoms with Gasteiger partial charge in [-0.3, -0.25) is 9.80 Å². The van der Waals surface area contributed by atoms with E-state index >= 15 is 0 Å². The molecule has 2 aliphatic rings. The van der Waals surface area contributed by atoms with Gasteiger partial charge in [0.05, 0.1) is 27.6 Å². The number of pyridine rings is 1. The number of carbonyl (C=O) groups is 1. The zero-order valence-electron chi connectivity index (χ0n) is 21.8. The molecule has 3 aromatic heterocycles. The van der Waals surface area contributed by atoms with Crippen molar-refractivity contribution in [3.05, 3.63) is 57.1 Å². The molecule has 0 saturated carbocycles. The number of H-pyrrole nitrogens is 1. The van der Waals surface area contributed by atoms with Gasteiger partial charge in [-0.2, -0.15) is 0 Å². The van der Waals surface area contributed by atoms with Crippen LogP contribution >= 0.6 is 22.9 Å². The minimum Gasteiger partial charge on any atom is -0.465 e. The van der Waals surface area contributed by atoms with E-state index in [4.69, 9.17) is 21.7 Å². The Bertz CT molecular complexity index is 1460. The van der Waals surface area contributed by atoms with E-state index in [0.29, 0.717) is 18.1 Å². The number of piperazine rings is 2. The minimum atomic E-state index is -0.840. The first-order valence-electron chi connectivity index (χ1n) is 13.1. The van der Waals surface area contributed by atoms with Crippen LogP contribution in [0.5, 0.6) is 0 Å². The summed E-state index contributed by atoms with van der Waals surface area (Å²) >= 11 is 8.38. The molecule has 0 unspecified atom stereocenters. The van der Waals surface area contributed by atoms with Crippen LogP contribution in [0.25, 0.3) is 22.6 Å². The first-order valence-corrected chi connectivity index (χ1v) is 14.4. The maximum absolute atomic E-state index is 11.1. The molecule has 1 amide bonds. The number of aromatic amines is 1. The van der Waals surface area contributed by atoms with Gasteiger partial charge in [0.25, 0.3) is 0 Å². The van der Waals surface area contributed by atoms with Gasteiger partial charge in [-0.05, 0) is 12.5 Å². The summed E-state index contributed by atoms with van der Waals surface area (Å²) in [4.78, 5) is 37.1. The number of anilines is 1. The fourth-order valence-electron chi connectivity index (χ4n) is 5.32. The number of carboxylic acid groups (broad SMARTS) is 1. The molecule has 2 fully saturated rings. The van der Waals surface area contributed by atoms with Gasteiger partial charge >= 0.3 is 6.09 Å². The van der Waals surface area contributed by atoms with Crippen molar-refractivity contribution in [1.82, 2.24) is 34.6 Å². The van der Waals surface area contributed by atoms with E-state index in [2.05, 4.69) is 59.3 Å². The largest absolute Gasteiger partial charge is 0.465 e. The third-order valence-corrected chi connectivity index (χ3v) is 8.56. The van der Waals surface area contributed by atoms with Crippen LogP contribution in [-0.2, 0) is 13.1 Å². The summed E-state index contributed by atoms with van der Waals surface area (Å²) in [5, 5.41) is 13.0.